The van der Waals surface area contributed by atoms with E-state index >= 15 is 0 Å². The summed E-state index contributed by atoms with van der Waals surface area (Å²) in [5.74, 6) is 4.75. The van der Waals surface area contributed by atoms with Crippen molar-refractivity contribution in [2.75, 3.05) is 0 Å². The van der Waals surface area contributed by atoms with Gasteiger partial charge in [0, 0.05) is 12.1 Å². The highest BCUT2D eigenvalue weighted by atomic mass is 16.1. The summed E-state index contributed by atoms with van der Waals surface area (Å²) in [5, 5.41) is 13.3. The molecule has 7 unspecified atom stereocenters. The average molecular weight is 408 g/mol. The molecule has 4 aliphatic rings. The van der Waals surface area contributed by atoms with Gasteiger partial charge in [-0.2, -0.15) is 10.4 Å². The van der Waals surface area contributed by atoms with E-state index in [1.54, 1.807) is 17.1 Å². The van der Waals surface area contributed by atoms with Crippen molar-refractivity contribution in [3.05, 3.63) is 18.0 Å². The summed E-state index contributed by atoms with van der Waals surface area (Å²) in [7, 11) is 0. The van der Waals surface area contributed by atoms with Gasteiger partial charge in [-0.3, -0.25) is 9.48 Å². The van der Waals surface area contributed by atoms with Crippen molar-refractivity contribution in [1.82, 2.24) is 9.78 Å². The van der Waals surface area contributed by atoms with Crippen LogP contribution in [0.2, 0.25) is 0 Å². The van der Waals surface area contributed by atoms with Gasteiger partial charge >= 0.3 is 0 Å². The van der Waals surface area contributed by atoms with Crippen LogP contribution in [0.25, 0.3) is 0 Å². The summed E-state index contributed by atoms with van der Waals surface area (Å²) in [6.07, 6.45) is 15.2. The van der Waals surface area contributed by atoms with Crippen molar-refractivity contribution in [1.29, 1.82) is 5.26 Å². The van der Waals surface area contributed by atoms with Crippen LogP contribution in [0.1, 0.15) is 84.1 Å². The predicted octanol–water partition coefficient (Wildman–Crippen LogP) is 5.62. The van der Waals surface area contributed by atoms with Gasteiger partial charge in [-0.25, -0.2) is 0 Å². The minimum atomic E-state index is 0.161. The smallest absolute Gasteiger partial charge is 0.157 e. The Balaban J connectivity index is 1.34. The lowest BCUT2D eigenvalue weighted by molar-refractivity contribution is -0.137. The molecule has 0 aromatic carbocycles. The molecule has 0 aliphatic heterocycles. The fraction of sp³-hybridized carbons (Fsp3) is 0.808. The molecule has 4 aliphatic carbocycles. The number of rotatable bonds is 3. The van der Waals surface area contributed by atoms with Gasteiger partial charge in [-0.05, 0) is 91.8 Å². The molecule has 4 heteroatoms. The van der Waals surface area contributed by atoms with Gasteiger partial charge in [0.1, 0.15) is 6.07 Å². The fourth-order valence-electron chi connectivity index (χ4n) is 8.78. The van der Waals surface area contributed by atoms with E-state index in [4.69, 9.17) is 5.26 Å². The maximum atomic E-state index is 13.3. The quantitative estimate of drug-likeness (QED) is 0.653. The van der Waals surface area contributed by atoms with E-state index in [2.05, 4.69) is 31.9 Å². The van der Waals surface area contributed by atoms with E-state index in [-0.39, 0.29) is 11.3 Å². The van der Waals surface area contributed by atoms with Crippen molar-refractivity contribution in [3.63, 3.8) is 0 Å². The van der Waals surface area contributed by atoms with Gasteiger partial charge in [0.25, 0.3) is 0 Å². The Labute approximate surface area is 181 Å². The number of hydrogen-bond donors (Lipinski definition) is 0. The fourth-order valence-corrected chi connectivity index (χ4v) is 8.78. The molecule has 4 fully saturated rings. The van der Waals surface area contributed by atoms with Crippen molar-refractivity contribution >= 4 is 5.78 Å². The van der Waals surface area contributed by atoms with E-state index < -0.39 is 0 Å². The van der Waals surface area contributed by atoms with E-state index in [1.165, 1.54) is 51.4 Å². The Morgan fingerprint density at radius 1 is 1.13 bits per heavy atom. The van der Waals surface area contributed by atoms with Gasteiger partial charge in [0.15, 0.2) is 5.78 Å². The van der Waals surface area contributed by atoms with E-state index in [0.29, 0.717) is 23.3 Å². The van der Waals surface area contributed by atoms with Crippen LogP contribution in [0.3, 0.4) is 0 Å². The Hall–Kier alpha value is -1.63. The average Bonchev–Trinajstić information content (AvgIpc) is 3.32. The van der Waals surface area contributed by atoms with E-state index in [9.17, 15) is 4.79 Å². The second kappa shape index (κ2) is 7.21. The second-order valence-corrected chi connectivity index (χ2v) is 11.7. The molecular weight excluding hydrogens is 370 g/mol. The van der Waals surface area contributed by atoms with Gasteiger partial charge in [0.2, 0.25) is 0 Å². The van der Waals surface area contributed by atoms with Crippen LogP contribution in [-0.2, 0) is 11.3 Å². The van der Waals surface area contributed by atoms with Gasteiger partial charge in [-0.15, -0.1) is 0 Å². The molecule has 1 aromatic rings. The highest BCUT2D eigenvalue weighted by Crippen LogP contribution is 2.67. The van der Waals surface area contributed by atoms with Crippen molar-refractivity contribution in [3.8, 4) is 6.07 Å². The number of hydrogen-bond acceptors (Lipinski definition) is 3. The lowest BCUT2D eigenvalue weighted by Gasteiger charge is -2.61. The summed E-state index contributed by atoms with van der Waals surface area (Å²) in [6.45, 7) is 7.84. The molecule has 162 valence electrons. The number of aromatic nitrogens is 2. The monoisotopic (exact) mass is 407 g/mol. The number of nitrogens with zero attached hydrogens (tertiary/aromatic N) is 3. The van der Waals surface area contributed by atoms with Crippen molar-refractivity contribution in [2.24, 2.45) is 46.3 Å². The molecule has 1 heterocycles. The summed E-state index contributed by atoms with van der Waals surface area (Å²) < 4.78 is 1.67. The molecule has 0 N–H and O–H groups in total. The third-order valence-electron chi connectivity index (χ3n) is 10.4. The van der Waals surface area contributed by atoms with Crippen molar-refractivity contribution in [2.45, 2.75) is 85.1 Å². The lowest BCUT2D eigenvalue weighted by atomic mass is 9.44. The molecule has 0 bridgehead atoms. The highest BCUT2D eigenvalue weighted by molar-refractivity contribution is 5.82. The Kier molecular flexibility index (Phi) is 4.88. The number of fused-ring (bicyclic) bond motifs is 5. The second-order valence-electron chi connectivity index (χ2n) is 11.7. The van der Waals surface area contributed by atoms with Crippen LogP contribution in [0.15, 0.2) is 12.4 Å². The minimum absolute atomic E-state index is 0.161. The molecule has 0 saturated heterocycles. The number of carbonyl (C=O) groups excluding carboxylic acids is 1. The van der Waals surface area contributed by atoms with Crippen molar-refractivity contribution < 1.29 is 4.79 Å². The summed E-state index contributed by atoms with van der Waals surface area (Å²) in [5.41, 5.74) is 1.24. The Morgan fingerprint density at radius 2 is 1.90 bits per heavy atom. The molecule has 0 spiro atoms. The first-order chi connectivity index (χ1) is 14.3. The minimum Gasteiger partial charge on any atom is -0.297 e. The molecule has 0 amide bonds. The first-order valence-corrected chi connectivity index (χ1v) is 12.3. The third-order valence-corrected chi connectivity index (χ3v) is 10.4. The van der Waals surface area contributed by atoms with Crippen LogP contribution < -0.4 is 0 Å². The van der Waals surface area contributed by atoms with E-state index in [1.807, 2.05) is 0 Å². The van der Waals surface area contributed by atoms with Crippen LogP contribution in [0.5, 0.6) is 0 Å². The number of nitriles is 1. The summed E-state index contributed by atoms with van der Waals surface area (Å²) in [6, 6.07) is 2.11. The molecule has 4 nitrogen and oxygen atoms in total. The molecule has 5 rings (SSSR count). The standard InChI is InChI=1S/C26H37N3O/c1-17-8-10-25(2)19(12-17)4-5-20-21-6-7-23(26(21,3)11-9-22(20)25)24(30)16-29-15-18(13-27)14-28-29/h14-15,17,19-23H,4-12,16H2,1-3H3/t17?,19?,20?,21?,22?,23-,25?,26?/m1/s1. The highest BCUT2D eigenvalue weighted by Gasteiger charge is 2.60. The molecule has 1 aromatic heterocycles. The Morgan fingerprint density at radius 3 is 2.67 bits per heavy atom. The first-order valence-electron chi connectivity index (χ1n) is 12.3. The maximum absolute atomic E-state index is 13.3. The lowest BCUT2D eigenvalue weighted by Crippen LogP contribution is -2.53. The molecule has 8 atom stereocenters. The number of carbonyl (C=O) groups is 1. The first kappa shape index (κ1) is 20.3. The normalized spacial score (nSPS) is 45.1. The maximum Gasteiger partial charge on any atom is 0.157 e. The number of Topliss-reactive ketones (excluding diaryl/α,β-unsaturated/α-hetero) is 1. The van der Waals surface area contributed by atoms with Crippen LogP contribution in [0.4, 0.5) is 0 Å². The number of ketones is 1. The van der Waals surface area contributed by atoms with Crippen LogP contribution >= 0.6 is 0 Å². The zero-order chi connectivity index (χ0) is 21.1. The third kappa shape index (κ3) is 2.99. The molecule has 0 radical (unpaired) electrons. The van der Waals surface area contributed by atoms with E-state index in [0.717, 1.165) is 36.0 Å². The molecular formula is C26H37N3O. The molecule has 30 heavy (non-hydrogen) atoms. The topological polar surface area (TPSA) is 58.7 Å². The molecule has 4 saturated carbocycles. The van der Waals surface area contributed by atoms with Crippen LogP contribution in [-0.4, -0.2) is 15.6 Å². The zero-order valence-electron chi connectivity index (χ0n) is 18.9. The van der Waals surface area contributed by atoms with Gasteiger partial charge < -0.3 is 0 Å². The van der Waals surface area contributed by atoms with Gasteiger partial charge in [0.05, 0.1) is 18.3 Å². The zero-order valence-corrected chi connectivity index (χ0v) is 18.9. The Bertz CT molecular complexity index is 868. The van der Waals surface area contributed by atoms with Gasteiger partial charge in [-0.1, -0.05) is 27.2 Å². The summed E-state index contributed by atoms with van der Waals surface area (Å²) >= 11 is 0. The SMILES string of the molecule is CC1CCC2(C)C(CCC3C2CCC2(C)C3CC[C@@H]2C(=O)Cn2cc(C#N)cn2)C1. The largest absolute Gasteiger partial charge is 0.297 e. The van der Waals surface area contributed by atoms with Crippen LogP contribution in [0, 0.1) is 57.7 Å². The predicted molar refractivity (Wildman–Crippen MR) is 116 cm³/mol. The summed E-state index contributed by atoms with van der Waals surface area (Å²) in [4.78, 5) is 13.3.